The van der Waals surface area contributed by atoms with Gasteiger partial charge in [0.1, 0.15) is 11.4 Å². The van der Waals surface area contributed by atoms with Crippen LogP contribution in [0.4, 0.5) is 0 Å². The van der Waals surface area contributed by atoms with Gasteiger partial charge >= 0.3 is 0 Å². The summed E-state index contributed by atoms with van der Waals surface area (Å²) < 4.78 is 1.42. The number of amides is 1. The van der Waals surface area contributed by atoms with E-state index in [9.17, 15) is 9.59 Å². The summed E-state index contributed by atoms with van der Waals surface area (Å²) in [6.07, 6.45) is 6.08. The fourth-order valence-corrected chi connectivity index (χ4v) is 4.31. The molecule has 0 aliphatic heterocycles. The summed E-state index contributed by atoms with van der Waals surface area (Å²) in [5.74, 6) is 0.406. The summed E-state index contributed by atoms with van der Waals surface area (Å²) in [5.41, 5.74) is 0.849. The average Bonchev–Trinajstić information content (AvgIpc) is 2.80. The van der Waals surface area contributed by atoms with Gasteiger partial charge in [-0.1, -0.05) is 19.8 Å². The van der Waals surface area contributed by atoms with Crippen molar-refractivity contribution in [1.82, 2.24) is 14.9 Å². The molecule has 5 nitrogen and oxygen atoms in total. The lowest BCUT2D eigenvalue weighted by atomic mass is 9.86. The first-order valence-corrected chi connectivity index (χ1v) is 9.03. The molecule has 124 valence electrons. The molecule has 1 fully saturated rings. The largest absolute Gasteiger partial charge is 0.352 e. The number of nitrogens with one attached hydrogen (secondary N) is 1. The van der Waals surface area contributed by atoms with Crippen LogP contribution in [-0.4, -0.2) is 21.5 Å². The highest BCUT2D eigenvalue weighted by Gasteiger charge is 2.23. The molecule has 0 bridgehead atoms. The number of hydrogen-bond acceptors (Lipinski definition) is 4. The van der Waals surface area contributed by atoms with Gasteiger partial charge in [-0.15, -0.1) is 11.3 Å². The van der Waals surface area contributed by atoms with E-state index >= 15 is 0 Å². The lowest BCUT2D eigenvalue weighted by Crippen LogP contribution is -2.43. The summed E-state index contributed by atoms with van der Waals surface area (Å²) in [5, 5.41) is 3.74. The van der Waals surface area contributed by atoms with E-state index in [4.69, 9.17) is 0 Å². The van der Waals surface area contributed by atoms with Crippen molar-refractivity contribution in [3.8, 4) is 0 Å². The smallest absolute Gasteiger partial charge is 0.262 e. The molecular formula is C17H23N3O2S. The normalized spacial score (nSPS) is 21.5. The fraction of sp³-hybridized carbons (Fsp3) is 0.588. The summed E-state index contributed by atoms with van der Waals surface area (Å²) in [7, 11) is 0. The van der Waals surface area contributed by atoms with Crippen LogP contribution in [-0.2, 0) is 11.3 Å². The van der Waals surface area contributed by atoms with Crippen molar-refractivity contribution in [2.45, 2.75) is 59.0 Å². The minimum absolute atomic E-state index is 0.0410. The second-order valence-electron chi connectivity index (χ2n) is 6.58. The molecule has 0 spiro atoms. The molecule has 1 saturated carbocycles. The maximum absolute atomic E-state index is 12.6. The summed E-state index contributed by atoms with van der Waals surface area (Å²) in [6.45, 7) is 6.15. The average molecular weight is 333 g/mol. The lowest BCUT2D eigenvalue weighted by molar-refractivity contribution is -0.123. The lowest BCUT2D eigenvalue weighted by Gasteiger charge is -2.29. The number of nitrogens with zero attached hydrogens (tertiary/aromatic N) is 2. The number of aromatic nitrogens is 2. The molecule has 1 amide bonds. The predicted molar refractivity (Wildman–Crippen MR) is 92.9 cm³/mol. The summed E-state index contributed by atoms with van der Waals surface area (Å²) in [4.78, 5) is 31.1. The number of hydrogen-bond donors (Lipinski definition) is 1. The van der Waals surface area contributed by atoms with E-state index in [1.165, 1.54) is 28.7 Å². The van der Waals surface area contributed by atoms with Crippen LogP contribution in [0.5, 0.6) is 0 Å². The quantitative estimate of drug-likeness (QED) is 0.939. The molecule has 0 unspecified atom stereocenters. The van der Waals surface area contributed by atoms with Crippen molar-refractivity contribution in [3.05, 3.63) is 27.1 Å². The maximum atomic E-state index is 12.6. The van der Waals surface area contributed by atoms with Crippen LogP contribution in [0.1, 0.15) is 43.0 Å². The van der Waals surface area contributed by atoms with Crippen LogP contribution in [0.15, 0.2) is 11.1 Å². The Morgan fingerprint density at radius 2 is 2.13 bits per heavy atom. The van der Waals surface area contributed by atoms with E-state index in [1.54, 1.807) is 0 Å². The van der Waals surface area contributed by atoms with Gasteiger partial charge in [-0.25, -0.2) is 4.98 Å². The van der Waals surface area contributed by atoms with Crippen molar-refractivity contribution >= 4 is 27.5 Å². The first-order chi connectivity index (χ1) is 11.0. The number of fused-ring (bicyclic) bond motifs is 1. The van der Waals surface area contributed by atoms with Gasteiger partial charge in [0, 0.05) is 10.9 Å². The van der Waals surface area contributed by atoms with Crippen molar-refractivity contribution in [2.24, 2.45) is 5.92 Å². The second kappa shape index (κ2) is 6.43. The van der Waals surface area contributed by atoms with E-state index < -0.39 is 0 Å². The van der Waals surface area contributed by atoms with E-state index in [1.807, 2.05) is 13.8 Å². The van der Waals surface area contributed by atoms with Crippen molar-refractivity contribution in [1.29, 1.82) is 0 Å². The Labute approximate surface area is 139 Å². The van der Waals surface area contributed by atoms with Gasteiger partial charge < -0.3 is 5.32 Å². The number of carbonyl (C=O) groups is 1. The minimum Gasteiger partial charge on any atom is -0.352 e. The molecule has 6 heteroatoms. The Balaban J connectivity index is 1.78. The van der Waals surface area contributed by atoms with Gasteiger partial charge in [0.15, 0.2) is 0 Å². The maximum Gasteiger partial charge on any atom is 0.262 e. The monoisotopic (exact) mass is 333 g/mol. The van der Waals surface area contributed by atoms with Gasteiger partial charge in [0.05, 0.1) is 11.7 Å². The topological polar surface area (TPSA) is 64.0 Å². The Morgan fingerprint density at radius 1 is 1.39 bits per heavy atom. The molecule has 2 aromatic heterocycles. The number of carbonyl (C=O) groups excluding carboxylic acids is 1. The van der Waals surface area contributed by atoms with Crippen LogP contribution in [0.3, 0.4) is 0 Å². The molecule has 3 rings (SSSR count). The molecular weight excluding hydrogens is 310 g/mol. The Morgan fingerprint density at radius 3 is 2.87 bits per heavy atom. The zero-order chi connectivity index (χ0) is 16.6. The zero-order valence-corrected chi connectivity index (χ0v) is 14.7. The molecule has 23 heavy (non-hydrogen) atoms. The third-order valence-corrected chi connectivity index (χ3v) is 6.04. The Hall–Kier alpha value is -1.69. The van der Waals surface area contributed by atoms with E-state index in [-0.39, 0.29) is 24.1 Å². The molecule has 1 N–H and O–H groups in total. The van der Waals surface area contributed by atoms with E-state index in [2.05, 4.69) is 17.2 Å². The molecule has 1 aliphatic carbocycles. The van der Waals surface area contributed by atoms with Crippen LogP contribution in [0.25, 0.3) is 10.2 Å². The standard InChI is InChI=1S/C17H23N3O2S/c1-10-6-4-5-7-13(10)19-14(21)8-20-9-18-16-15(17(20)22)11(2)12(3)23-16/h9-10,13H,4-8H2,1-3H3,(H,19,21)/t10-,13-/m1/s1. The minimum atomic E-state index is -0.122. The van der Waals surface area contributed by atoms with Crippen molar-refractivity contribution in [2.75, 3.05) is 0 Å². The molecule has 2 atom stereocenters. The molecule has 2 aromatic rings. The molecule has 1 aliphatic rings. The highest BCUT2D eigenvalue weighted by atomic mass is 32.1. The molecule has 0 radical (unpaired) electrons. The Kier molecular flexibility index (Phi) is 4.53. The van der Waals surface area contributed by atoms with Crippen LogP contribution in [0.2, 0.25) is 0 Å². The summed E-state index contributed by atoms with van der Waals surface area (Å²) in [6, 6.07) is 0.230. The zero-order valence-electron chi connectivity index (χ0n) is 13.9. The van der Waals surface area contributed by atoms with E-state index in [0.29, 0.717) is 11.3 Å². The summed E-state index contributed by atoms with van der Waals surface area (Å²) >= 11 is 1.52. The molecule has 0 aromatic carbocycles. The fourth-order valence-electron chi connectivity index (χ4n) is 3.32. The highest BCUT2D eigenvalue weighted by Crippen LogP contribution is 2.25. The second-order valence-corrected chi connectivity index (χ2v) is 7.78. The predicted octanol–water partition coefficient (Wildman–Crippen LogP) is 2.77. The van der Waals surface area contributed by atoms with Gasteiger partial charge in [0.2, 0.25) is 5.91 Å². The first kappa shape index (κ1) is 16.2. The third-order valence-electron chi connectivity index (χ3n) is 4.93. The highest BCUT2D eigenvalue weighted by molar-refractivity contribution is 7.18. The third kappa shape index (κ3) is 3.17. The van der Waals surface area contributed by atoms with Gasteiger partial charge in [-0.2, -0.15) is 0 Å². The SMILES string of the molecule is Cc1sc2ncn(CC(=O)N[C@@H]3CCCC[C@H]3C)c(=O)c2c1C. The number of thiophene rings is 1. The van der Waals surface area contributed by atoms with Gasteiger partial charge in [-0.3, -0.25) is 14.2 Å². The van der Waals surface area contributed by atoms with Crippen LogP contribution >= 0.6 is 11.3 Å². The molecule has 2 heterocycles. The number of rotatable bonds is 3. The van der Waals surface area contributed by atoms with Gasteiger partial charge in [0.25, 0.3) is 5.56 Å². The number of aryl methyl sites for hydroxylation is 2. The van der Waals surface area contributed by atoms with Gasteiger partial charge in [-0.05, 0) is 38.2 Å². The van der Waals surface area contributed by atoms with Crippen LogP contribution < -0.4 is 10.9 Å². The van der Waals surface area contributed by atoms with Crippen LogP contribution in [0, 0.1) is 19.8 Å². The van der Waals surface area contributed by atoms with Crippen molar-refractivity contribution < 1.29 is 4.79 Å². The Bertz CT molecular complexity index is 793. The molecule has 0 saturated heterocycles. The first-order valence-electron chi connectivity index (χ1n) is 8.22. The van der Waals surface area contributed by atoms with E-state index in [0.717, 1.165) is 34.5 Å². The van der Waals surface area contributed by atoms with Crippen molar-refractivity contribution in [3.63, 3.8) is 0 Å².